The Bertz CT molecular complexity index is 1020. The lowest BCUT2D eigenvalue weighted by atomic mass is 9.91. The Morgan fingerprint density at radius 1 is 0.371 bits per heavy atom. The lowest BCUT2D eigenvalue weighted by Crippen LogP contribution is -2.21. The summed E-state index contributed by atoms with van der Waals surface area (Å²) in [5.41, 5.74) is 0. The van der Waals surface area contributed by atoms with Gasteiger partial charge in [-0.2, -0.15) is 0 Å². The van der Waals surface area contributed by atoms with Gasteiger partial charge in [-0.15, -0.1) is 0 Å². The number of unbranched alkanes of at least 4 members (excludes halogenated alkanes) is 32. The number of rotatable bonds is 59. The number of likely N-dealkylation sites (N-methyl/N-ethyl adjacent to an activating group) is 1. The summed E-state index contributed by atoms with van der Waals surface area (Å²) in [6, 6.07) is 0. The van der Waals surface area contributed by atoms with E-state index in [2.05, 4.69) is 56.9 Å². The van der Waals surface area contributed by atoms with Crippen molar-refractivity contribution in [2.24, 2.45) is 5.92 Å². The second kappa shape index (κ2) is 58.6. The van der Waals surface area contributed by atoms with Crippen molar-refractivity contribution in [3.63, 3.8) is 0 Å². The summed E-state index contributed by atoms with van der Waals surface area (Å²) in [4.78, 5) is 14.9. The minimum Gasteiger partial charge on any atom is -0.464 e. The average molecular weight is 991 g/mol. The molecule has 0 aliphatic carbocycles. The SMILES string of the molecule is CCCCCC/C=C\COC(CCCCCCCCCC(CCCCCCCCCC(OCCCCCCCCC)OCCCCCCCCC)CC(=O)OCCN(C)C)OC/C=C\CCCCCC. The van der Waals surface area contributed by atoms with E-state index < -0.39 is 0 Å². The third-order valence-corrected chi connectivity index (χ3v) is 14.0. The summed E-state index contributed by atoms with van der Waals surface area (Å²) in [5, 5.41) is 0. The van der Waals surface area contributed by atoms with Crippen molar-refractivity contribution in [3.05, 3.63) is 24.3 Å². The van der Waals surface area contributed by atoms with Crippen LogP contribution in [-0.2, 0) is 28.5 Å². The third kappa shape index (κ3) is 54.5. The molecule has 0 aromatic heterocycles. The van der Waals surface area contributed by atoms with Gasteiger partial charge in [0, 0.05) is 26.2 Å². The molecule has 0 radical (unpaired) electrons. The van der Waals surface area contributed by atoms with Gasteiger partial charge in [0.2, 0.25) is 0 Å². The van der Waals surface area contributed by atoms with Crippen molar-refractivity contribution in [2.45, 2.75) is 316 Å². The number of hydrogen-bond acceptors (Lipinski definition) is 7. The maximum atomic E-state index is 12.8. The summed E-state index contributed by atoms with van der Waals surface area (Å²) >= 11 is 0. The first-order valence-corrected chi connectivity index (χ1v) is 31.0. The molecular formula is C63H123NO6. The zero-order valence-electron chi connectivity index (χ0n) is 48.1. The molecule has 70 heavy (non-hydrogen) atoms. The van der Waals surface area contributed by atoms with Gasteiger partial charge in [0.1, 0.15) is 6.61 Å². The summed E-state index contributed by atoms with van der Waals surface area (Å²) in [6.07, 6.45) is 62.2. The average Bonchev–Trinajstić information content (AvgIpc) is 3.35. The van der Waals surface area contributed by atoms with Gasteiger partial charge in [0.05, 0.1) is 13.2 Å². The molecule has 0 spiro atoms. The summed E-state index contributed by atoms with van der Waals surface area (Å²) in [6.45, 7) is 13.3. The molecule has 0 heterocycles. The zero-order chi connectivity index (χ0) is 50.9. The van der Waals surface area contributed by atoms with E-state index in [1.165, 1.54) is 212 Å². The molecule has 416 valence electrons. The van der Waals surface area contributed by atoms with E-state index in [1.807, 2.05) is 14.1 Å². The van der Waals surface area contributed by atoms with Gasteiger partial charge >= 0.3 is 5.97 Å². The second-order valence-corrected chi connectivity index (χ2v) is 21.3. The van der Waals surface area contributed by atoms with Gasteiger partial charge in [0.25, 0.3) is 0 Å². The van der Waals surface area contributed by atoms with Gasteiger partial charge in [-0.25, -0.2) is 0 Å². The third-order valence-electron chi connectivity index (χ3n) is 14.0. The molecule has 0 amide bonds. The van der Waals surface area contributed by atoms with Crippen LogP contribution in [0.4, 0.5) is 0 Å². The maximum Gasteiger partial charge on any atom is 0.306 e. The van der Waals surface area contributed by atoms with Crippen LogP contribution in [0.25, 0.3) is 0 Å². The number of hydrogen-bond donors (Lipinski definition) is 0. The smallest absolute Gasteiger partial charge is 0.306 e. The molecule has 0 fully saturated rings. The number of esters is 1. The first kappa shape index (κ1) is 68.8. The molecule has 0 rings (SSSR count). The van der Waals surface area contributed by atoms with Crippen molar-refractivity contribution < 1.29 is 28.5 Å². The van der Waals surface area contributed by atoms with Crippen molar-refractivity contribution in [1.82, 2.24) is 4.90 Å². The first-order valence-electron chi connectivity index (χ1n) is 31.0. The zero-order valence-corrected chi connectivity index (χ0v) is 48.1. The molecule has 7 nitrogen and oxygen atoms in total. The first-order chi connectivity index (χ1) is 34.5. The molecule has 7 heteroatoms. The van der Waals surface area contributed by atoms with Crippen molar-refractivity contribution >= 4 is 5.97 Å². The number of allylic oxidation sites excluding steroid dienone is 2. The Morgan fingerprint density at radius 3 is 1.09 bits per heavy atom. The van der Waals surface area contributed by atoms with Gasteiger partial charge in [-0.1, -0.05) is 245 Å². The molecule has 1 unspecified atom stereocenters. The summed E-state index contributed by atoms with van der Waals surface area (Å²) < 4.78 is 30.7. The van der Waals surface area contributed by atoms with Gasteiger partial charge in [-0.3, -0.25) is 4.79 Å². The predicted molar refractivity (Wildman–Crippen MR) is 304 cm³/mol. The minimum atomic E-state index is -0.127. The van der Waals surface area contributed by atoms with Crippen LogP contribution in [0.2, 0.25) is 0 Å². The van der Waals surface area contributed by atoms with E-state index in [0.717, 1.165) is 77.5 Å². The van der Waals surface area contributed by atoms with Crippen LogP contribution in [0.15, 0.2) is 24.3 Å². The van der Waals surface area contributed by atoms with Crippen LogP contribution in [0.5, 0.6) is 0 Å². The van der Waals surface area contributed by atoms with Crippen LogP contribution >= 0.6 is 0 Å². The number of ether oxygens (including phenoxy) is 5. The maximum absolute atomic E-state index is 12.8. The van der Waals surface area contributed by atoms with Crippen molar-refractivity contribution in [1.29, 1.82) is 0 Å². The molecule has 0 saturated carbocycles. The van der Waals surface area contributed by atoms with Crippen LogP contribution < -0.4 is 0 Å². The Labute approximate surface area is 437 Å². The normalized spacial score (nSPS) is 12.6. The van der Waals surface area contributed by atoms with E-state index in [9.17, 15) is 4.79 Å². The number of nitrogens with zero attached hydrogens (tertiary/aromatic N) is 1. The van der Waals surface area contributed by atoms with E-state index in [1.54, 1.807) is 0 Å². The van der Waals surface area contributed by atoms with Gasteiger partial charge in [-0.05, 0) is 97.1 Å². The highest BCUT2D eigenvalue weighted by Gasteiger charge is 2.16. The summed E-state index contributed by atoms with van der Waals surface area (Å²) in [7, 11) is 4.06. The lowest BCUT2D eigenvalue weighted by molar-refractivity contribution is -0.148. The molecule has 0 aromatic carbocycles. The largest absolute Gasteiger partial charge is 0.464 e. The quantitative estimate of drug-likeness (QED) is 0.0260. The Hall–Kier alpha value is -1.25. The Kier molecular flexibility index (Phi) is 57.6. The van der Waals surface area contributed by atoms with Crippen LogP contribution in [0.1, 0.15) is 304 Å². The molecule has 1 atom stereocenters. The van der Waals surface area contributed by atoms with Crippen LogP contribution in [0.3, 0.4) is 0 Å². The topological polar surface area (TPSA) is 66.5 Å². The van der Waals surface area contributed by atoms with Crippen molar-refractivity contribution in [2.75, 3.05) is 53.7 Å². The molecule has 0 N–H and O–H groups in total. The Morgan fingerprint density at radius 2 is 0.700 bits per heavy atom. The second-order valence-electron chi connectivity index (χ2n) is 21.3. The van der Waals surface area contributed by atoms with Gasteiger partial charge < -0.3 is 28.6 Å². The van der Waals surface area contributed by atoms with Crippen molar-refractivity contribution in [3.8, 4) is 0 Å². The minimum absolute atomic E-state index is 0.00828. The van der Waals surface area contributed by atoms with E-state index in [0.29, 0.717) is 32.2 Å². The molecule has 0 aliphatic rings. The standard InChI is InChI=1S/C63H123NO6/c1-7-11-15-19-29-37-45-54-67-62(68-55-46-38-30-20-16-12-8-2)51-43-35-27-23-25-33-41-49-60(59-61(65)66-58-53-64(5)6)50-42-34-26-24-28-36-44-52-63(69-56-47-39-31-21-17-13-9-3)70-57-48-40-32-22-18-14-10-4/h37-38,45-46,60,62-63H,7-36,39-44,47-59H2,1-6H3/b45-37-,46-38-. The molecule has 0 saturated heterocycles. The molecule has 0 bridgehead atoms. The molecular weight excluding hydrogens is 867 g/mol. The monoisotopic (exact) mass is 990 g/mol. The predicted octanol–water partition coefficient (Wildman–Crippen LogP) is 19.4. The fourth-order valence-corrected chi connectivity index (χ4v) is 9.29. The van der Waals surface area contributed by atoms with E-state index >= 15 is 0 Å². The Balaban J connectivity index is 4.61. The highest BCUT2D eigenvalue weighted by molar-refractivity contribution is 5.69. The van der Waals surface area contributed by atoms with E-state index in [-0.39, 0.29) is 18.5 Å². The van der Waals surface area contributed by atoms with E-state index in [4.69, 9.17) is 23.7 Å². The molecule has 0 aliphatic heterocycles. The fraction of sp³-hybridized carbons (Fsp3) is 0.921. The number of carbonyl (C=O) groups excluding carboxylic acids is 1. The number of carbonyl (C=O) groups is 1. The fourth-order valence-electron chi connectivity index (χ4n) is 9.29. The lowest BCUT2D eigenvalue weighted by Gasteiger charge is -2.19. The summed E-state index contributed by atoms with van der Waals surface area (Å²) in [5.74, 6) is 0.431. The van der Waals surface area contributed by atoms with Crippen LogP contribution in [0, 0.1) is 5.92 Å². The highest BCUT2D eigenvalue weighted by atomic mass is 16.7. The molecule has 0 aromatic rings. The highest BCUT2D eigenvalue weighted by Crippen LogP contribution is 2.24. The van der Waals surface area contributed by atoms with Crippen LogP contribution in [-0.4, -0.2) is 77.1 Å². The van der Waals surface area contributed by atoms with Gasteiger partial charge in [0.15, 0.2) is 12.6 Å².